The molecule has 1 aromatic carbocycles. The Morgan fingerprint density at radius 2 is 2.35 bits per heavy atom. The summed E-state index contributed by atoms with van der Waals surface area (Å²) >= 11 is 6.16. The van der Waals surface area contributed by atoms with Crippen LogP contribution in [-0.2, 0) is 17.6 Å². The van der Waals surface area contributed by atoms with E-state index in [1.165, 1.54) is 0 Å². The summed E-state index contributed by atoms with van der Waals surface area (Å²) in [4.78, 5) is 12.7. The molecule has 0 bridgehead atoms. The summed E-state index contributed by atoms with van der Waals surface area (Å²) in [5.41, 5.74) is 1.73. The average molecular weight is 294 g/mol. The molecule has 1 saturated heterocycles. The normalized spacial score (nSPS) is 24.5. The first-order chi connectivity index (χ1) is 9.64. The third kappa shape index (κ3) is 2.33. The standard InChI is InChI=1S/C16H20ClNO2/c1-2-16(5-3-6-18-16)14(19)10-12-9-13(17)8-11-4-7-20-15(11)12/h8-9,18H,2-7,10H2,1H3. The highest BCUT2D eigenvalue weighted by Gasteiger charge is 2.39. The lowest BCUT2D eigenvalue weighted by Crippen LogP contribution is -2.47. The number of carbonyl (C=O) groups excluding carboxylic acids is 1. The summed E-state index contributed by atoms with van der Waals surface area (Å²) in [6.07, 6.45) is 4.14. The van der Waals surface area contributed by atoms with Crippen molar-refractivity contribution in [3.05, 3.63) is 28.3 Å². The lowest BCUT2D eigenvalue weighted by Gasteiger charge is -2.26. The fraction of sp³-hybridized carbons (Fsp3) is 0.562. The van der Waals surface area contributed by atoms with Gasteiger partial charge in [0.15, 0.2) is 5.78 Å². The van der Waals surface area contributed by atoms with E-state index in [1.807, 2.05) is 12.1 Å². The number of carbonyl (C=O) groups is 1. The predicted octanol–water partition coefficient (Wildman–Crippen LogP) is 2.92. The van der Waals surface area contributed by atoms with Gasteiger partial charge in [-0.2, -0.15) is 0 Å². The SMILES string of the molecule is CCC1(C(=O)Cc2cc(Cl)cc3c2OCC3)CCCN1. The van der Waals surface area contributed by atoms with Crippen LogP contribution in [0.3, 0.4) is 0 Å². The van der Waals surface area contributed by atoms with Crippen molar-refractivity contribution in [1.82, 2.24) is 5.32 Å². The van der Waals surface area contributed by atoms with Crippen LogP contribution in [0.25, 0.3) is 0 Å². The molecular formula is C16H20ClNO2. The smallest absolute Gasteiger partial charge is 0.157 e. The molecule has 0 aromatic heterocycles. The summed E-state index contributed by atoms with van der Waals surface area (Å²) in [7, 11) is 0. The Bertz CT molecular complexity index is 536. The molecule has 2 aliphatic heterocycles. The Balaban J connectivity index is 1.86. The van der Waals surface area contributed by atoms with Crippen LogP contribution in [0.1, 0.15) is 37.3 Å². The van der Waals surface area contributed by atoms with Gasteiger partial charge in [0, 0.05) is 23.4 Å². The van der Waals surface area contributed by atoms with Crippen molar-refractivity contribution >= 4 is 17.4 Å². The number of rotatable bonds is 4. The van der Waals surface area contributed by atoms with Crippen molar-refractivity contribution in [3.8, 4) is 5.75 Å². The number of benzene rings is 1. The zero-order valence-corrected chi connectivity index (χ0v) is 12.6. The average Bonchev–Trinajstić information content (AvgIpc) is 3.07. The second-order valence-corrected chi connectivity index (χ2v) is 6.15. The lowest BCUT2D eigenvalue weighted by atomic mass is 9.85. The molecule has 108 valence electrons. The van der Waals surface area contributed by atoms with E-state index in [1.54, 1.807) is 0 Å². The number of hydrogen-bond donors (Lipinski definition) is 1. The van der Waals surface area contributed by atoms with Gasteiger partial charge >= 0.3 is 0 Å². The van der Waals surface area contributed by atoms with Gasteiger partial charge in [0.25, 0.3) is 0 Å². The fourth-order valence-corrected chi connectivity index (χ4v) is 3.63. The zero-order valence-electron chi connectivity index (χ0n) is 11.8. The van der Waals surface area contributed by atoms with Crippen LogP contribution in [-0.4, -0.2) is 24.5 Å². The first kappa shape index (κ1) is 13.9. The number of nitrogens with one attached hydrogen (secondary N) is 1. The van der Waals surface area contributed by atoms with E-state index >= 15 is 0 Å². The summed E-state index contributed by atoms with van der Waals surface area (Å²) in [5, 5.41) is 4.10. The lowest BCUT2D eigenvalue weighted by molar-refractivity contribution is -0.124. The molecule has 4 heteroatoms. The van der Waals surface area contributed by atoms with E-state index in [0.717, 1.165) is 49.1 Å². The number of Topliss-reactive ketones (excluding diaryl/α,β-unsaturated/α-hetero) is 1. The summed E-state index contributed by atoms with van der Waals surface area (Å²) < 4.78 is 5.68. The fourth-order valence-electron chi connectivity index (χ4n) is 3.36. The van der Waals surface area contributed by atoms with Gasteiger partial charge in [-0.25, -0.2) is 0 Å². The first-order valence-electron chi connectivity index (χ1n) is 7.37. The number of halogens is 1. The highest BCUT2D eigenvalue weighted by atomic mass is 35.5. The van der Waals surface area contributed by atoms with Crippen molar-refractivity contribution in [1.29, 1.82) is 0 Å². The summed E-state index contributed by atoms with van der Waals surface area (Å²) in [6.45, 7) is 3.70. The van der Waals surface area contributed by atoms with Gasteiger partial charge < -0.3 is 10.1 Å². The van der Waals surface area contributed by atoms with Crippen molar-refractivity contribution < 1.29 is 9.53 Å². The van der Waals surface area contributed by atoms with Gasteiger partial charge in [-0.3, -0.25) is 4.79 Å². The molecule has 1 N–H and O–H groups in total. The molecule has 1 unspecified atom stereocenters. The van der Waals surface area contributed by atoms with Crippen molar-refractivity contribution in [2.45, 2.75) is 44.6 Å². The topological polar surface area (TPSA) is 38.3 Å². The molecule has 3 nitrogen and oxygen atoms in total. The van der Waals surface area contributed by atoms with Crippen LogP contribution in [0.15, 0.2) is 12.1 Å². The second kappa shape index (κ2) is 5.38. The molecule has 0 radical (unpaired) electrons. The van der Waals surface area contributed by atoms with E-state index in [2.05, 4.69) is 12.2 Å². The Labute approximate surface area is 124 Å². The molecule has 3 rings (SSSR count). The molecule has 0 aliphatic carbocycles. The molecule has 1 fully saturated rings. The molecule has 2 aliphatic rings. The van der Waals surface area contributed by atoms with Crippen molar-refractivity contribution in [3.63, 3.8) is 0 Å². The van der Waals surface area contributed by atoms with E-state index in [0.29, 0.717) is 18.1 Å². The maximum atomic E-state index is 12.7. The molecule has 0 saturated carbocycles. The Morgan fingerprint density at radius 1 is 1.50 bits per heavy atom. The highest BCUT2D eigenvalue weighted by molar-refractivity contribution is 6.30. The molecule has 1 aromatic rings. The van der Waals surface area contributed by atoms with Gasteiger partial charge in [-0.15, -0.1) is 0 Å². The maximum Gasteiger partial charge on any atom is 0.157 e. The minimum absolute atomic E-state index is 0.262. The van der Waals surface area contributed by atoms with Gasteiger partial charge in [-0.1, -0.05) is 18.5 Å². The molecular weight excluding hydrogens is 274 g/mol. The van der Waals surface area contributed by atoms with Crippen molar-refractivity contribution in [2.24, 2.45) is 0 Å². The predicted molar refractivity (Wildman–Crippen MR) is 79.6 cm³/mol. The Hall–Kier alpha value is -1.06. The minimum Gasteiger partial charge on any atom is -0.493 e. The first-order valence-corrected chi connectivity index (χ1v) is 7.75. The summed E-state index contributed by atoms with van der Waals surface area (Å²) in [5.74, 6) is 1.14. The minimum atomic E-state index is -0.339. The van der Waals surface area contributed by atoms with E-state index in [4.69, 9.17) is 16.3 Å². The number of ether oxygens (including phenoxy) is 1. The Morgan fingerprint density at radius 3 is 3.05 bits per heavy atom. The molecule has 1 atom stereocenters. The molecule has 2 heterocycles. The molecule has 0 amide bonds. The van der Waals surface area contributed by atoms with Crippen LogP contribution >= 0.6 is 11.6 Å². The van der Waals surface area contributed by atoms with E-state index in [9.17, 15) is 4.79 Å². The van der Waals surface area contributed by atoms with Crippen LogP contribution < -0.4 is 10.1 Å². The molecule has 20 heavy (non-hydrogen) atoms. The number of hydrogen-bond acceptors (Lipinski definition) is 3. The quantitative estimate of drug-likeness (QED) is 0.927. The molecule has 0 spiro atoms. The van der Waals surface area contributed by atoms with Crippen LogP contribution in [0.4, 0.5) is 0 Å². The van der Waals surface area contributed by atoms with Gasteiger partial charge in [-0.05, 0) is 43.5 Å². The third-order valence-corrected chi connectivity index (χ3v) is 4.78. The third-order valence-electron chi connectivity index (χ3n) is 4.56. The van der Waals surface area contributed by atoms with E-state index in [-0.39, 0.29) is 11.3 Å². The van der Waals surface area contributed by atoms with Gasteiger partial charge in [0.2, 0.25) is 0 Å². The highest BCUT2D eigenvalue weighted by Crippen LogP contribution is 2.35. The van der Waals surface area contributed by atoms with Crippen molar-refractivity contribution in [2.75, 3.05) is 13.2 Å². The van der Waals surface area contributed by atoms with Crippen LogP contribution in [0, 0.1) is 0 Å². The van der Waals surface area contributed by atoms with Gasteiger partial charge in [0.05, 0.1) is 12.1 Å². The second-order valence-electron chi connectivity index (χ2n) is 5.72. The largest absolute Gasteiger partial charge is 0.493 e. The van der Waals surface area contributed by atoms with Crippen LogP contribution in [0.2, 0.25) is 5.02 Å². The zero-order chi connectivity index (χ0) is 14.2. The van der Waals surface area contributed by atoms with Crippen LogP contribution in [0.5, 0.6) is 5.75 Å². The number of ketones is 1. The Kier molecular flexibility index (Phi) is 3.74. The number of fused-ring (bicyclic) bond motifs is 1. The summed E-state index contributed by atoms with van der Waals surface area (Å²) in [6, 6.07) is 3.82. The monoisotopic (exact) mass is 293 g/mol. The van der Waals surface area contributed by atoms with Gasteiger partial charge in [0.1, 0.15) is 5.75 Å². The maximum absolute atomic E-state index is 12.7. The van der Waals surface area contributed by atoms with E-state index < -0.39 is 0 Å².